The Kier molecular flexibility index (Phi) is 18.4. The number of phenols is 1. The van der Waals surface area contributed by atoms with E-state index in [0.717, 1.165) is 70.7 Å². The number of fused-ring (bicyclic) bond motifs is 4. The molecule has 0 bridgehead atoms. The Bertz CT molecular complexity index is 1770. The molecule has 15 nitrogen and oxygen atoms in total. The molecule has 1 amide bonds. The van der Waals surface area contributed by atoms with Gasteiger partial charge in [0.1, 0.15) is 5.69 Å². The first kappa shape index (κ1) is 43.2. The quantitative estimate of drug-likeness (QED) is 0.0823. The Balaban J connectivity index is 0.000000247. The molecule has 0 saturated heterocycles. The Labute approximate surface area is 323 Å². The fraction of sp³-hybridized carbons (Fsp3) is 0.550. The summed E-state index contributed by atoms with van der Waals surface area (Å²) in [6.45, 7) is 10.9. The molecule has 0 saturated carbocycles. The first-order chi connectivity index (χ1) is 26.8. The van der Waals surface area contributed by atoms with Gasteiger partial charge >= 0.3 is 0 Å². The minimum Gasteiger partial charge on any atom is -0.504 e. The average molecular weight is 769 g/mol. The minimum absolute atomic E-state index is 0.0281. The minimum atomic E-state index is -0.0281. The van der Waals surface area contributed by atoms with Crippen molar-refractivity contribution in [2.75, 3.05) is 87.8 Å². The summed E-state index contributed by atoms with van der Waals surface area (Å²) in [5, 5.41) is 22.9. The molecule has 2 aromatic carbocycles. The molecule has 4 aromatic rings. The van der Waals surface area contributed by atoms with E-state index in [2.05, 4.69) is 46.3 Å². The summed E-state index contributed by atoms with van der Waals surface area (Å²) in [7, 11) is 6.47. The number of aromatic hydroxyl groups is 1. The van der Waals surface area contributed by atoms with Gasteiger partial charge in [-0.1, -0.05) is 19.1 Å². The second-order valence-electron chi connectivity index (χ2n) is 13.2. The molecule has 0 aliphatic carbocycles. The molecule has 302 valence electrons. The zero-order valence-electron chi connectivity index (χ0n) is 33.1. The van der Waals surface area contributed by atoms with Gasteiger partial charge in [0.25, 0.3) is 0 Å². The summed E-state index contributed by atoms with van der Waals surface area (Å²) in [5.41, 5.74) is 4.13. The summed E-state index contributed by atoms with van der Waals surface area (Å²) in [6, 6.07) is 9.80. The molecule has 0 spiro atoms. The second kappa shape index (κ2) is 23.4. The highest BCUT2D eigenvalue weighted by Gasteiger charge is 2.27. The first-order valence-corrected chi connectivity index (χ1v) is 18.7. The number of nitrogens with zero attached hydrogens (tertiary/aromatic N) is 4. The Morgan fingerprint density at radius 1 is 0.873 bits per heavy atom. The van der Waals surface area contributed by atoms with Crippen molar-refractivity contribution in [2.24, 2.45) is 5.92 Å². The van der Waals surface area contributed by atoms with Crippen molar-refractivity contribution in [3.63, 3.8) is 0 Å². The number of pyridine rings is 1. The van der Waals surface area contributed by atoms with Crippen molar-refractivity contribution in [3.8, 4) is 34.3 Å². The van der Waals surface area contributed by atoms with Crippen LogP contribution in [0.3, 0.4) is 0 Å². The highest BCUT2D eigenvalue weighted by atomic mass is 16.6. The van der Waals surface area contributed by atoms with E-state index in [9.17, 15) is 9.90 Å². The first-order valence-electron chi connectivity index (χ1n) is 18.7. The number of carbonyl (C=O) groups is 1. The number of hydrogen-bond acceptors (Lipinski definition) is 12. The summed E-state index contributed by atoms with van der Waals surface area (Å²) >= 11 is 0. The molecule has 0 unspecified atom stereocenters. The van der Waals surface area contributed by atoms with Gasteiger partial charge < -0.3 is 48.3 Å². The fourth-order valence-electron chi connectivity index (χ4n) is 5.81. The molecule has 0 fully saturated rings. The van der Waals surface area contributed by atoms with E-state index in [-0.39, 0.29) is 11.7 Å². The van der Waals surface area contributed by atoms with Crippen molar-refractivity contribution in [1.29, 1.82) is 0 Å². The predicted octanol–water partition coefficient (Wildman–Crippen LogP) is 4.13. The van der Waals surface area contributed by atoms with Crippen LogP contribution < -0.4 is 24.1 Å². The third kappa shape index (κ3) is 13.6. The normalized spacial score (nSPS) is 11.8. The molecule has 5 rings (SSSR count). The molecular formula is C40H58N5O10+. The standard InChI is InChI=1S/C20H38N4O6.C20H19NO4/c1-18(2)4-6-24-16-19(22-23-24)17-30-15-14-29-13-12-28-11-10-27-9-8-26-7-5-20(25)21-3;1-23-18-5-4-12-8-16-14-10-19(24-2)17(22)9-13(14)6-7-21(16)11-15(12)20(18)25-3/h16,18H,4-15,17H2,1-3H3,(H,21,25);4-5,8-11H,6-7H2,1-3H3/p+1. The maximum absolute atomic E-state index is 11.0. The van der Waals surface area contributed by atoms with Crippen molar-refractivity contribution in [3.05, 3.63) is 54.0 Å². The molecule has 3 heterocycles. The van der Waals surface area contributed by atoms with E-state index in [1.807, 2.05) is 29.1 Å². The smallest absolute Gasteiger partial charge is 0.222 e. The van der Waals surface area contributed by atoms with Crippen LogP contribution in [-0.2, 0) is 54.6 Å². The van der Waals surface area contributed by atoms with Crippen molar-refractivity contribution >= 4 is 16.7 Å². The zero-order chi connectivity index (χ0) is 39.4. The van der Waals surface area contributed by atoms with Crippen LogP contribution in [0.25, 0.3) is 22.0 Å². The fourth-order valence-corrected chi connectivity index (χ4v) is 5.81. The number of phenolic OH excluding ortho intramolecular Hbond substituents is 1. The lowest BCUT2D eigenvalue weighted by Gasteiger charge is -2.18. The second-order valence-corrected chi connectivity index (χ2v) is 13.2. The maximum atomic E-state index is 11.0. The molecular weight excluding hydrogens is 710 g/mol. The van der Waals surface area contributed by atoms with Gasteiger partial charge in [-0.25, -0.2) is 0 Å². The van der Waals surface area contributed by atoms with Crippen molar-refractivity contribution < 1.29 is 52.4 Å². The Morgan fingerprint density at radius 2 is 1.53 bits per heavy atom. The van der Waals surface area contributed by atoms with Gasteiger partial charge in [-0.3, -0.25) is 9.48 Å². The number of amides is 1. The summed E-state index contributed by atoms with van der Waals surface area (Å²) in [6.07, 6.45) is 6.33. The Morgan fingerprint density at radius 3 is 2.15 bits per heavy atom. The lowest BCUT2D eigenvalue weighted by atomic mass is 9.95. The van der Waals surface area contributed by atoms with Crippen LogP contribution in [0, 0.1) is 5.92 Å². The van der Waals surface area contributed by atoms with Gasteiger partial charge in [0.2, 0.25) is 11.6 Å². The number of aromatic nitrogens is 4. The average Bonchev–Trinajstić information content (AvgIpc) is 3.66. The van der Waals surface area contributed by atoms with Crippen LogP contribution >= 0.6 is 0 Å². The van der Waals surface area contributed by atoms with Crippen LogP contribution in [0.2, 0.25) is 0 Å². The van der Waals surface area contributed by atoms with E-state index in [1.54, 1.807) is 34.4 Å². The highest BCUT2D eigenvalue weighted by Crippen LogP contribution is 2.39. The highest BCUT2D eigenvalue weighted by molar-refractivity contribution is 5.91. The summed E-state index contributed by atoms with van der Waals surface area (Å²) in [5.74, 6) is 2.75. The van der Waals surface area contributed by atoms with Gasteiger partial charge in [-0.15, -0.1) is 5.10 Å². The van der Waals surface area contributed by atoms with E-state index in [1.165, 1.54) is 0 Å². The zero-order valence-corrected chi connectivity index (χ0v) is 33.1. The number of carbonyl (C=O) groups excluding carboxylic acids is 1. The molecule has 55 heavy (non-hydrogen) atoms. The lowest BCUT2D eigenvalue weighted by molar-refractivity contribution is -0.686. The SMILES string of the molecule is CNC(=O)CCOCCOCCOCCOCCOCc1cn(CCC(C)C)nn1.COc1cc2c(cc1O)CC[n+]1cc3c(OC)c(OC)ccc3cc1-2. The van der Waals surface area contributed by atoms with E-state index in [0.29, 0.717) is 84.2 Å². The molecule has 0 radical (unpaired) electrons. The number of rotatable bonds is 23. The van der Waals surface area contributed by atoms with E-state index < -0.39 is 0 Å². The van der Waals surface area contributed by atoms with Crippen LogP contribution in [0.1, 0.15) is 37.9 Å². The number of methoxy groups -OCH3 is 3. The largest absolute Gasteiger partial charge is 0.504 e. The maximum Gasteiger partial charge on any atom is 0.222 e. The molecule has 2 aromatic heterocycles. The van der Waals surface area contributed by atoms with Crippen LogP contribution in [0.5, 0.6) is 23.0 Å². The topological polar surface area (TPSA) is 158 Å². The van der Waals surface area contributed by atoms with Gasteiger partial charge in [-0.2, -0.15) is 4.57 Å². The molecule has 0 atom stereocenters. The predicted molar refractivity (Wildman–Crippen MR) is 206 cm³/mol. The molecule has 1 aliphatic rings. The van der Waals surface area contributed by atoms with Gasteiger partial charge in [0.15, 0.2) is 35.7 Å². The van der Waals surface area contributed by atoms with Gasteiger partial charge in [0.05, 0.1) is 105 Å². The Hall–Kier alpha value is -4.54. The number of benzene rings is 2. The monoisotopic (exact) mass is 768 g/mol. The van der Waals surface area contributed by atoms with Crippen LogP contribution in [0.15, 0.2) is 42.7 Å². The number of aryl methyl sites for hydroxylation is 3. The van der Waals surface area contributed by atoms with E-state index >= 15 is 0 Å². The molecule has 1 aliphatic heterocycles. The molecule has 15 heteroatoms. The number of ether oxygens (including phenoxy) is 8. The summed E-state index contributed by atoms with van der Waals surface area (Å²) in [4.78, 5) is 11.0. The van der Waals surface area contributed by atoms with E-state index in [4.69, 9.17) is 37.9 Å². The number of nitrogens with one attached hydrogen (secondary N) is 1. The van der Waals surface area contributed by atoms with Crippen molar-refractivity contribution in [2.45, 2.75) is 52.8 Å². The van der Waals surface area contributed by atoms with Crippen LogP contribution in [-0.4, -0.2) is 114 Å². The molecule has 2 N–H and O–H groups in total. The third-order valence-corrected chi connectivity index (χ3v) is 8.82. The van der Waals surface area contributed by atoms with Gasteiger partial charge in [-0.05, 0) is 47.6 Å². The summed E-state index contributed by atoms with van der Waals surface area (Å²) < 4.78 is 47.4. The van der Waals surface area contributed by atoms with Crippen LogP contribution in [0.4, 0.5) is 0 Å². The van der Waals surface area contributed by atoms with Crippen molar-refractivity contribution in [1.82, 2.24) is 20.3 Å². The number of hydrogen-bond donors (Lipinski definition) is 2. The van der Waals surface area contributed by atoms with Gasteiger partial charge in [0, 0.05) is 32.5 Å². The lowest BCUT2D eigenvalue weighted by Crippen LogP contribution is -2.40. The third-order valence-electron chi connectivity index (χ3n) is 8.82.